The van der Waals surface area contributed by atoms with E-state index >= 15 is 0 Å². The Hall–Kier alpha value is -5.50. The van der Waals surface area contributed by atoms with Crippen LogP contribution in [-0.4, -0.2) is 137 Å². The van der Waals surface area contributed by atoms with Crippen LogP contribution < -0.4 is 18.9 Å². The van der Waals surface area contributed by atoms with Gasteiger partial charge in [0.25, 0.3) is 0 Å². The second-order valence-electron chi connectivity index (χ2n) is 14.5. The van der Waals surface area contributed by atoms with E-state index in [2.05, 4.69) is 12.5 Å². The van der Waals surface area contributed by atoms with Gasteiger partial charge in [0.2, 0.25) is 21.9 Å². The van der Waals surface area contributed by atoms with Crippen LogP contribution >= 0.6 is 0 Å². The molecule has 23 heteroatoms. The molecule has 21 nitrogen and oxygen atoms in total. The molecule has 0 spiro atoms. The minimum absolute atomic E-state index is 0.0523. The Balaban J connectivity index is 0.000000472. The van der Waals surface area contributed by atoms with E-state index in [0.717, 1.165) is 56.7 Å². The molecule has 0 bridgehead atoms. The second kappa shape index (κ2) is 30.6. The van der Waals surface area contributed by atoms with Crippen molar-refractivity contribution in [3.8, 4) is 23.0 Å². The molecule has 5 rings (SSSR count). The Morgan fingerprint density at radius 3 is 1.32 bits per heavy atom. The summed E-state index contributed by atoms with van der Waals surface area (Å²) in [6.07, 6.45) is 2.56. The van der Waals surface area contributed by atoms with Crippen molar-refractivity contribution in [1.29, 1.82) is 0 Å². The van der Waals surface area contributed by atoms with E-state index < -0.39 is 30.6 Å². The summed E-state index contributed by atoms with van der Waals surface area (Å²) in [4.78, 5) is 23.3. The summed E-state index contributed by atoms with van der Waals surface area (Å²) in [7, 11) is 4.74. The van der Waals surface area contributed by atoms with Crippen molar-refractivity contribution in [2.45, 2.75) is 26.1 Å². The van der Waals surface area contributed by atoms with Gasteiger partial charge in [0.15, 0.2) is 0 Å². The average Bonchev–Trinajstić information content (AvgIpc) is 3.86. The number of nitro groups is 2. The Morgan fingerprint density at radius 2 is 1.03 bits per heavy atom. The van der Waals surface area contributed by atoms with E-state index in [4.69, 9.17) is 23.7 Å². The first-order valence-corrected chi connectivity index (χ1v) is 22.3. The predicted octanol–water partition coefficient (Wildman–Crippen LogP) is 5.79. The maximum Gasteiger partial charge on any atom is 0.399 e. The van der Waals surface area contributed by atoms with Crippen molar-refractivity contribution in [1.82, 2.24) is 4.90 Å². The Labute approximate surface area is 381 Å². The summed E-state index contributed by atoms with van der Waals surface area (Å²) < 4.78 is 86.8. The lowest BCUT2D eigenvalue weighted by molar-refractivity contribution is -0.870. The highest BCUT2D eigenvalue weighted by atomic mass is 32.3. The molecule has 4 aromatic rings. The van der Waals surface area contributed by atoms with Crippen molar-refractivity contribution in [3.05, 3.63) is 128 Å². The Bertz CT molecular complexity index is 2170. The van der Waals surface area contributed by atoms with Gasteiger partial charge in [-0.2, -0.15) is 8.42 Å². The summed E-state index contributed by atoms with van der Waals surface area (Å²) >= 11 is 0. The molecule has 0 atom stereocenters. The molecule has 1 aliphatic heterocycles. The minimum Gasteiger partial charge on any atom is -0.726 e. The fourth-order valence-electron chi connectivity index (χ4n) is 4.53. The SMILES string of the molecule is C1CCOC1.CN(C)CCOc1cc(OCc2ccccc2)ccc1[N+](=O)[O-].COS(=O)(=O)OC.COS(=O)(=O)[O-].C[N+](C)(C)CCOc1cc(OCc2ccccc2)ccc1[N+](=O)[O-]. The highest BCUT2D eigenvalue weighted by Gasteiger charge is 2.18. The number of ether oxygens (including phenoxy) is 5. The third-order valence-corrected chi connectivity index (χ3v) is 9.23. The van der Waals surface area contributed by atoms with E-state index in [1.807, 2.05) is 101 Å². The van der Waals surface area contributed by atoms with Gasteiger partial charge in [-0.25, -0.2) is 8.42 Å². The van der Waals surface area contributed by atoms with Crippen LogP contribution in [0, 0.1) is 20.2 Å². The van der Waals surface area contributed by atoms with Gasteiger partial charge < -0.3 is 37.6 Å². The maximum absolute atomic E-state index is 11.2. The zero-order valence-corrected chi connectivity index (χ0v) is 39.5. The second-order valence-corrected chi connectivity index (χ2v) is 17.1. The van der Waals surface area contributed by atoms with Gasteiger partial charge in [-0.3, -0.25) is 32.8 Å². The number of nitrogens with zero attached hydrogens (tertiary/aromatic N) is 4. The van der Waals surface area contributed by atoms with Gasteiger partial charge in [0.05, 0.1) is 52.3 Å². The van der Waals surface area contributed by atoms with Crippen LogP contribution in [0.4, 0.5) is 11.4 Å². The maximum atomic E-state index is 11.2. The Morgan fingerprint density at radius 1 is 0.631 bits per heavy atom. The van der Waals surface area contributed by atoms with Gasteiger partial charge in [-0.05, 0) is 50.2 Å². The molecule has 1 heterocycles. The van der Waals surface area contributed by atoms with Crippen LogP contribution in [0.3, 0.4) is 0 Å². The minimum atomic E-state index is -4.41. The lowest BCUT2D eigenvalue weighted by Crippen LogP contribution is -2.38. The highest BCUT2D eigenvalue weighted by molar-refractivity contribution is 7.81. The molecule has 1 saturated heterocycles. The van der Waals surface area contributed by atoms with E-state index in [9.17, 15) is 41.6 Å². The van der Waals surface area contributed by atoms with Crippen molar-refractivity contribution >= 4 is 32.2 Å². The zero-order valence-electron chi connectivity index (χ0n) is 37.9. The predicted molar refractivity (Wildman–Crippen MR) is 240 cm³/mol. The first-order chi connectivity index (χ1) is 30.6. The summed E-state index contributed by atoms with van der Waals surface area (Å²) in [6.45, 7) is 4.98. The molecule has 0 unspecified atom stereocenters. The number of hydrogen-bond acceptors (Lipinski definition) is 18. The average molecular weight is 957 g/mol. The monoisotopic (exact) mass is 956 g/mol. The topological polar surface area (TPSA) is 255 Å². The summed E-state index contributed by atoms with van der Waals surface area (Å²) in [5.41, 5.74) is 1.95. The molecule has 0 saturated carbocycles. The van der Waals surface area contributed by atoms with Crippen molar-refractivity contribution in [3.63, 3.8) is 0 Å². The standard InChI is InChI=1S/C18H23N2O4.C17H20N2O4.C4H8O.C2H6O4S.CH4O4S/c1-20(2,3)11-12-23-18-13-16(9-10-17(18)19(21)22)24-14-15-7-5-4-6-8-15;1-18(2)10-11-22-17-12-15(8-9-16(17)19(20)21)23-13-14-6-4-3-5-7-14;1-2-4-5-3-1;1-5-7(3,4)6-2;1-5-6(2,3)4/h4-10,13H,11-12,14H2,1-3H3;3-9,12H,10-11,13H2,1-2H3;1-4H2;1-2H3;1H3,(H,2,3,4)/q+1;;;;/p-1. The number of benzene rings is 4. The molecular weight excluding hydrogens is 897 g/mol. The molecule has 1 aliphatic rings. The molecule has 65 heavy (non-hydrogen) atoms. The molecule has 0 amide bonds. The fraction of sp³-hybridized carbons (Fsp3) is 0.429. The number of nitro benzene ring substituents is 2. The van der Waals surface area contributed by atoms with Gasteiger partial charge >= 0.3 is 21.8 Å². The molecule has 0 radical (unpaired) electrons. The van der Waals surface area contributed by atoms with Gasteiger partial charge in [0, 0.05) is 44.0 Å². The zero-order chi connectivity index (χ0) is 48.9. The Kier molecular flexibility index (Phi) is 27.1. The lowest BCUT2D eigenvalue weighted by atomic mass is 10.2. The van der Waals surface area contributed by atoms with E-state index in [1.165, 1.54) is 25.0 Å². The van der Waals surface area contributed by atoms with Crippen LogP contribution in [0.15, 0.2) is 97.1 Å². The molecule has 362 valence electrons. The highest BCUT2D eigenvalue weighted by Crippen LogP contribution is 2.33. The molecular formula is C42H60N4O17S2. The van der Waals surface area contributed by atoms with Gasteiger partial charge in [0.1, 0.15) is 44.5 Å². The van der Waals surface area contributed by atoms with Crippen LogP contribution in [0.1, 0.15) is 24.0 Å². The van der Waals surface area contributed by atoms with Crippen molar-refractivity contribution in [2.24, 2.45) is 0 Å². The number of hydrogen-bond donors (Lipinski definition) is 0. The van der Waals surface area contributed by atoms with Crippen molar-refractivity contribution < 1.29 is 72.0 Å². The first kappa shape index (κ1) is 57.5. The molecule has 0 aliphatic carbocycles. The summed E-state index contributed by atoms with van der Waals surface area (Å²) in [6, 6.07) is 28.6. The smallest absolute Gasteiger partial charge is 0.399 e. The summed E-state index contributed by atoms with van der Waals surface area (Å²) in [5.74, 6) is 1.55. The molecule has 0 N–H and O–H groups in total. The number of quaternary nitrogens is 1. The van der Waals surface area contributed by atoms with Gasteiger partial charge in [-0.15, -0.1) is 0 Å². The largest absolute Gasteiger partial charge is 0.726 e. The van der Waals surface area contributed by atoms with Crippen LogP contribution in [0.2, 0.25) is 0 Å². The van der Waals surface area contributed by atoms with Crippen LogP contribution in [-0.2, 0) is 51.3 Å². The quantitative estimate of drug-likeness (QED) is 0.0354. The number of likely N-dealkylation sites (N-methyl/N-ethyl adjacent to an activating group) is 2. The van der Waals surface area contributed by atoms with E-state index in [-0.39, 0.29) is 22.9 Å². The van der Waals surface area contributed by atoms with Crippen LogP contribution in [0.5, 0.6) is 23.0 Å². The van der Waals surface area contributed by atoms with Crippen LogP contribution in [0.25, 0.3) is 0 Å². The van der Waals surface area contributed by atoms with E-state index in [1.54, 1.807) is 24.3 Å². The lowest BCUT2D eigenvalue weighted by Gasteiger charge is -2.23. The third-order valence-electron chi connectivity index (χ3n) is 8.01. The van der Waals surface area contributed by atoms with Crippen molar-refractivity contribution in [2.75, 3.05) is 96.1 Å². The fourth-order valence-corrected chi connectivity index (χ4v) is 4.67. The molecule has 4 aromatic carbocycles. The number of rotatable bonds is 19. The normalized spacial score (nSPS) is 12.0. The summed E-state index contributed by atoms with van der Waals surface area (Å²) in [5, 5.41) is 22.2. The molecule has 1 fully saturated rings. The van der Waals surface area contributed by atoms with E-state index in [0.29, 0.717) is 44.5 Å². The third kappa shape index (κ3) is 28.1. The van der Waals surface area contributed by atoms with Gasteiger partial charge in [-0.1, -0.05) is 60.7 Å². The first-order valence-electron chi connectivity index (χ1n) is 19.7. The molecule has 0 aromatic heterocycles.